The Bertz CT molecular complexity index is 431. The van der Waals surface area contributed by atoms with Crippen LogP contribution in [0.4, 0.5) is 26.3 Å². The van der Waals surface area contributed by atoms with E-state index in [0.717, 1.165) is 0 Å². The average molecular weight is 259 g/mol. The van der Waals surface area contributed by atoms with Crippen LogP contribution in [0.1, 0.15) is 22.5 Å². The molecule has 0 spiro atoms. The van der Waals surface area contributed by atoms with Crippen LogP contribution in [0.25, 0.3) is 0 Å². The van der Waals surface area contributed by atoms with Gasteiger partial charge in [0.05, 0.1) is 5.56 Å². The van der Waals surface area contributed by atoms with Gasteiger partial charge in [-0.2, -0.15) is 0 Å². The first-order chi connectivity index (χ1) is 7.74. The summed E-state index contributed by atoms with van der Waals surface area (Å²) in [5, 5.41) is 0. The third-order valence-electron chi connectivity index (χ3n) is 1.54. The van der Waals surface area contributed by atoms with Crippen LogP contribution in [0.2, 0.25) is 0 Å². The summed E-state index contributed by atoms with van der Waals surface area (Å²) in [7, 11) is 0. The fraction of sp³-hybridized carbons (Fsp3) is 0.250. The highest BCUT2D eigenvalue weighted by Gasteiger charge is 2.34. The fourth-order valence-corrected chi connectivity index (χ4v) is 0.920. The lowest BCUT2D eigenvalue weighted by molar-refractivity contribution is -0.277. The number of halogens is 6. The van der Waals surface area contributed by atoms with E-state index in [1.54, 1.807) is 0 Å². The number of rotatable bonds is 3. The van der Waals surface area contributed by atoms with Gasteiger partial charge in [0, 0.05) is 0 Å². The summed E-state index contributed by atoms with van der Waals surface area (Å²) in [6, 6.07) is 0.343. The number of aromatic nitrogens is 1. The van der Waals surface area contributed by atoms with E-state index >= 15 is 0 Å². The summed E-state index contributed by atoms with van der Waals surface area (Å²) in [4.78, 5) is 12.9. The predicted molar refractivity (Wildman–Crippen MR) is 41.2 cm³/mol. The van der Waals surface area contributed by atoms with Gasteiger partial charge in [0.1, 0.15) is 5.69 Å². The van der Waals surface area contributed by atoms with Crippen LogP contribution in [0.5, 0.6) is 5.88 Å². The number of alkyl halides is 5. The number of ether oxygens (including phenoxy) is 1. The van der Waals surface area contributed by atoms with E-state index in [1.165, 1.54) is 0 Å². The van der Waals surface area contributed by atoms with Crippen LogP contribution in [-0.4, -0.2) is 17.6 Å². The maximum atomic E-state index is 13.1. The van der Waals surface area contributed by atoms with Gasteiger partial charge in [0.25, 0.3) is 12.3 Å². The van der Waals surface area contributed by atoms with E-state index in [4.69, 9.17) is 0 Å². The third-order valence-corrected chi connectivity index (χ3v) is 1.54. The summed E-state index contributed by atoms with van der Waals surface area (Å²) < 4.78 is 75.9. The van der Waals surface area contributed by atoms with Crippen molar-refractivity contribution in [3.05, 3.63) is 23.1 Å². The number of hydrogen-bond donors (Lipinski definition) is 0. The molecule has 0 saturated carbocycles. The standard InChI is InChI=1S/C8H3F6NO2/c9-5-3(2-16)1-4(6(10)11)15-7(5)17-8(12,13)14/h1-2,6H. The van der Waals surface area contributed by atoms with Crippen molar-refractivity contribution < 1.29 is 35.9 Å². The van der Waals surface area contributed by atoms with Gasteiger partial charge >= 0.3 is 6.36 Å². The molecule has 0 aromatic carbocycles. The zero-order chi connectivity index (χ0) is 13.2. The number of hydrogen-bond acceptors (Lipinski definition) is 3. The van der Waals surface area contributed by atoms with Crippen molar-refractivity contribution in [3.8, 4) is 5.88 Å². The Labute approximate surface area is 90.0 Å². The van der Waals surface area contributed by atoms with Gasteiger partial charge in [0.15, 0.2) is 12.1 Å². The van der Waals surface area contributed by atoms with Gasteiger partial charge in [0.2, 0.25) is 0 Å². The Morgan fingerprint density at radius 3 is 2.35 bits per heavy atom. The Kier molecular flexibility index (Phi) is 3.59. The van der Waals surface area contributed by atoms with E-state index in [2.05, 4.69) is 9.72 Å². The van der Waals surface area contributed by atoms with Crippen molar-refractivity contribution >= 4 is 6.29 Å². The van der Waals surface area contributed by atoms with Crippen LogP contribution >= 0.6 is 0 Å². The molecule has 1 heterocycles. The Hall–Kier alpha value is -1.80. The first kappa shape index (κ1) is 13.3. The Morgan fingerprint density at radius 1 is 1.35 bits per heavy atom. The van der Waals surface area contributed by atoms with E-state index in [1.807, 2.05) is 0 Å². The SMILES string of the molecule is O=Cc1cc(C(F)F)nc(OC(F)(F)F)c1F. The summed E-state index contributed by atoms with van der Waals surface area (Å²) in [5.74, 6) is -3.46. The van der Waals surface area contributed by atoms with Crippen LogP contribution in [0.15, 0.2) is 6.07 Å². The molecule has 0 unspecified atom stereocenters. The van der Waals surface area contributed by atoms with E-state index in [0.29, 0.717) is 6.07 Å². The molecule has 0 fully saturated rings. The molecule has 0 saturated heterocycles. The van der Waals surface area contributed by atoms with Crippen molar-refractivity contribution in [2.75, 3.05) is 0 Å². The topological polar surface area (TPSA) is 39.2 Å². The number of aldehydes is 1. The second-order valence-corrected chi connectivity index (χ2v) is 2.72. The second kappa shape index (κ2) is 4.60. The maximum absolute atomic E-state index is 13.1. The molecule has 17 heavy (non-hydrogen) atoms. The molecule has 0 atom stereocenters. The van der Waals surface area contributed by atoms with Crippen LogP contribution in [0, 0.1) is 5.82 Å². The highest BCUT2D eigenvalue weighted by atomic mass is 19.4. The first-order valence-corrected chi connectivity index (χ1v) is 3.94. The molecule has 1 aromatic heterocycles. The maximum Gasteiger partial charge on any atom is 0.574 e. The van der Waals surface area contributed by atoms with Crippen LogP contribution in [0.3, 0.4) is 0 Å². The Morgan fingerprint density at radius 2 is 1.94 bits per heavy atom. The molecule has 0 N–H and O–H groups in total. The number of carbonyl (C=O) groups is 1. The minimum atomic E-state index is -5.30. The van der Waals surface area contributed by atoms with E-state index in [-0.39, 0.29) is 6.29 Å². The van der Waals surface area contributed by atoms with Gasteiger partial charge in [-0.25, -0.2) is 18.2 Å². The van der Waals surface area contributed by atoms with Crippen molar-refractivity contribution in [3.63, 3.8) is 0 Å². The van der Waals surface area contributed by atoms with E-state index < -0.39 is 35.7 Å². The molecule has 0 bridgehead atoms. The molecule has 3 nitrogen and oxygen atoms in total. The number of pyridine rings is 1. The molecular formula is C8H3F6NO2. The number of carbonyl (C=O) groups excluding carboxylic acids is 1. The van der Waals surface area contributed by atoms with Gasteiger partial charge in [-0.05, 0) is 6.07 Å². The van der Waals surface area contributed by atoms with Gasteiger partial charge < -0.3 is 4.74 Å². The molecule has 94 valence electrons. The summed E-state index contributed by atoms with van der Waals surface area (Å²) >= 11 is 0. The van der Waals surface area contributed by atoms with Gasteiger partial charge in [-0.3, -0.25) is 4.79 Å². The number of nitrogens with zero attached hydrogens (tertiary/aromatic N) is 1. The summed E-state index contributed by atoms with van der Waals surface area (Å²) in [6.07, 6.45) is -8.77. The van der Waals surface area contributed by atoms with Crippen molar-refractivity contribution in [1.82, 2.24) is 4.98 Å². The minimum Gasteiger partial charge on any atom is -0.385 e. The van der Waals surface area contributed by atoms with Gasteiger partial charge in [-0.1, -0.05) is 0 Å². The normalized spacial score (nSPS) is 11.7. The molecule has 1 aromatic rings. The molecule has 0 amide bonds. The molecular weight excluding hydrogens is 256 g/mol. The van der Waals surface area contributed by atoms with E-state index in [9.17, 15) is 31.1 Å². The molecule has 0 aliphatic rings. The fourth-order valence-electron chi connectivity index (χ4n) is 0.920. The van der Waals surface area contributed by atoms with Crippen LogP contribution < -0.4 is 4.74 Å². The second-order valence-electron chi connectivity index (χ2n) is 2.72. The quantitative estimate of drug-likeness (QED) is 0.618. The highest BCUT2D eigenvalue weighted by molar-refractivity contribution is 5.76. The first-order valence-electron chi connectivity index (χ1n) is 3.94. The van der Waals surface area contributed by atoms with Gasteiger partial charge in [-0.15, -0.1) is 13.2 Å². The molecule has 0 aliphatic carbocycles. The highest BCUT2D eigenvalue weighted by Crippen LogP contribution is 2.28. The molecule has 1 rings (SSSR count). The third kappa shape index (κ3) is 3.33. The van der Waals surface area contributed by atoms with Crippen molar-refractivity contribution in [2.45, 2.75) is 12.8 Å². The lowest BCUT2D eigenvalue weighted by Crippen LogP contribution is -2.20. The summed E-state index contributed by atoms with van der Waals surface area (Å²) in [6.45, 7) is 0. The predicted octanol–water partition coefficient (Wildman–Crippen LogP) is 2.87. The minimum absolute atomic E-state index is 0.216. The van der Waals surface area contributed by atoms with Crippen LogP contribution in [-0.2, 0) is 0 Å². The zero-order valence-electron chi connectivity index (χ0n) is 7.76. The Balaban J connectivity index is 3.27. The monoisotopic (exact) mass is 259 g/mol. The van der Waals surface area contributed by atoms with Crippen molar-refractivity contribution in [1.29, 1.82) is 0 Å². The molecule has 9 heteroatoms. The zero-order valence-corrected chi connectivity index (χ0v) is 7.76. The molecule has 0 radical (unpaired) electrons. The average Bonchev–Trinajstić information content (AvgIpc) is 2.18. The summed E-state index contributed by atoms with van der Waals surface area (Å²) in [5.41, 5.74) is -2.18. The lowest BCUT2D eigenvalue weighted by atomic mass is 10.2. The smallest absolute Gasteiger partial charge is 0.385 e. The largest absolute Gasteiger partial charge is 0.574 e. The lowest BCUT2D eigenvalue weighted by Gasteiger charge is -2.10. The molecule has 0 aliphatic heterocycles. The van der Waals surface area contributed by atoms with Crippen molar-refractivity contribution in [2.24, 2.45) is 0 Å².